The molecule has 0 aliphatic heterocycles. The summed E-state index contributed by atoms with van der Waals surface area (Å²) in [6.07, 6.45) is 3.04. The molecule has 66 valence electrons. The third kappa shape index (κ3) is 1.27. The van der Waals surface area contributed by atoms with E-state index in [0.29, 0.717) is 0 Å². The van der Waals surface area contributed by atoms with E-state index < -0.39 is 4.92 Å². The lowest BCUT2D eigenvalue weighted by atomic mass is 10.3. The minimum Gasteiger partial charge on any atom is -0.317 e. The van der Waals surface area contributed by atoms with E-state index in [1.807, 2.05) is 0 Å². The summed E-state index contributed by atoms with van der Waals surface area (Å²) in [5.41, 5.74) is 0.735. The van der Waals surface area contributed by atoms with Crippen LogP contribution in [0.15, 0.2) is 24.5 Å². The highest BCUT2D eigenvalue weighted by atomic mass is 31.0. The fourth-order valence-electron chi connectivity index (χ4n) is 1.13. The van der Waals surface area contributed by atoms with Crippen molar-refractivity contribution in [3.63, 3.8) is 0 Å². The Balaban J connectivity index is 2.70. The van der Waals surface area contributed by atoms with Crippen molar-refractivity contribution >= 4 is 26.1 Å². The van der Waals surface area contributed by atoms with E-state index in [1.165, 1.54) is 12.3 Å². The first-order valence-electron chi connectivity index (χ1n) is 3.55. The molecule has 0 fully saturated rings. The number of nitrogens with zero attached hydrogens (tertiary/aromatic N) is 3. The fourth-order valence-corrected chi connectivity index (χ4v) is 1.43. The summed E-state index contributed by atoms with van der Waals surface area (Å²) in [4.78, 5) is 13.9. The Morgan fingerprint density at radius 2 is 2.38 bits per heavy atom. The van der Waals surface area contributed by atoms with Gasteiger partial charge in [-0.3, -0.25) is 10.1 Å². The smallest absolute Gasteiger partial charge is 0.288 e. The maximum atomic E-state index is 10.4. The van der Waals surface area contributed by atoms with E-state index in [-0.39, 0.29) is 5.69 Å². The standard InChI is InChI=1S/C7H6N3O2P/c11-10(12)6-3-5-1-2-9(13)7(5)8-4-6/h1-4H,13H2. The van der Waals surface area contributed by atoms with E-state index in [4.69, 9.17) is 0 Å². The van der Waals surface area contributed by atoms with Crippen molar-refractivity contribution in [1.29, 1.82) is 0 Å². The third-order valence-corrected chi connectivity index (χ3v) is 2.17. The number of pyridine rings is 1. The molecule has 5 nitrogen and oxygen atoms in total. The average molecular weight is 195 g/mol. The molecule has 0 aliphatic rings. The van der Waals surface area contributed by atoms with Crippen molar-refractivity contribution in [2.24, 2.45) is 0 Å². The molecule has 2 aromatic rings. The maximum Gasteiger partial charge on any atom is 0.288 e. The summed E-state index contributed by atoms with van der Waals surface area (Å²) in [6.45, 7) is 0. The Bertz CT molecular complexity index is 480. The normalized spacial score (nSPS) is 10.5. The number of rotatable bonds is 1. The van der Waals surface area contributed by atoms with Crippen LogP contribution in [0.4, 0.5) is 5.69 Å². The molecular formula is C7H6N3O2P. The minimum absolute atomic E-state index is 0.0173. The van der Waals surface area contributed by atoms with E-state index in [9.17, 15) is 10.1 Å². The lowest BCUT2D eigenvalue weighted by molar-refractivity contribution is -0.385. The van der Waals surface area contributed by atoms with Gasteiger partial charge in [-0.1, -0.05) is 0 Å². The van der Waals surface area contributed by atoms with Gasteiger partial charge in [0.15, 0.2) is 0 Å². The van der Waals surface area contributed by atoms with E-state index in [2.05, 4.69) is 14.4 Å². The van der Waals surface area contributed by atoms with Crippen molar-refractivity contribution in [2.45, 2.75) is 0 Å². The Morgan fingerprint density at radius 3 is 3.08 bits per heavy atom. The summed E-state index contributed by atoms with van der Waals surface area (Å²) >= 11 is 0. The van der Waals surface area contributed by atoms with Gasteiger partial charge in [0.1, 0.15) is 11.8 Å². The van der Waals surface area contributed by atoms with Gasteiger partial charge in [0, 0.05) is 17.6 Å². The third-order valence-electron chi connectivity index (χ3n) is 1.75. The zero-order valence-corrected chi connectivity index (χ0v) is 7.70. The molecule has 13 heavy (non-hydrogen) atoms. The van der Waals surface area contributed by atoms with Crippen LogP contribution in [0.25, 0.3) is 11.0 Å². The number of hydrogen-bond donors (Lipinski definition) is 0. The van der Waals surface area contributed by atoms with E-state index in [0.717, 1.165) is 11.0 Å². The Morgan fingerprint density at radius 1 is 1.62 bits per heavy atom. The highest BCUT2D eigenvalue weighted by Crippen LogP contribution is 2.20. The first-order chi connectivity index (χ1) is 6.18. The lowest BCUT2D eigenvalue weighted by Crippen LogP contribution is -1.89. The summed E-state index contributed by atoms with van der Waals surface area (Å²) in [7, 11) is 2.45. The molecule has 2 rings (SSSR count). The van der Waals surface area contributed by atoms with Gasteiger partial charge in [-0.05, 0) is 15.5 Å². The van der Waals surface area contributed by atoms with Crippen LogP contribution in [0.3, 0.4) is 0 Å². The Hall–Kier alpha value is -1.48. The molecule has 0 aromatic carbocycles. The van der Waals surface area contributed by atoms with Crippen LogP contribution in [0.2, 0.25) is 0 Å². The van der Waals surface area contributed by atoms with Gasteiger partial charge < -0.3 is 4.34 Å². The van der Waals surface area contributed by atoms with Crippen LogP contribution in [-0.2, 0) is 0 Å². The van der Waals surface area contributed by atoms with Crippen LogP contribution in [0.1, 0.15) is 0 Å². The number of fused-ring (bicyclic) bond motifs is 1. The lowest BCUT2D eigenvalue weighted by Gasteiger charge is -1.93. The molecular weight excluding hydrogens is 189 g/mol. The highest BCUT2D eigenvalue weighted by molar-refractivity contribution is 7.14. The summed E-state index contributed by atoms with van der Waals surface area (Å²) in [5.74, 6) is 0. The number of aromatic nitrogens is 2. The van der Waals surface area contributed by atoms with Gasteiger partial charge in [0.25, 0.3) is 5.69 Å². The van der Waals surface area contributed by atoms with Gasteiger partial charge in [-0.25, -0.2) is 4.98 Å². The summed E-state index contributed by atoms with van der Waals surface area (Å²) in [6, 6.07) is 3.28. The quantitative estimate of drug-likeness (QED) is 0.394. The molecule has 2 heterocycles. The van der Waals surface area contributed by atoms with Gasteiger partial charge in [-0.2, -0.15) is 0 Å². The SMILES string of the molecule is O=[N+]([O-])c1cnc2c(ccn2P)c1. The fraction of sp³-hybridized carbons (Fsp3) is 0. The van der Waals surface area contributed by atoms with Crippen LogP contribution < -0.4 is 0 Å². The molecule has 0 saturated heterocycles. The predicted molar refractivity (Wildman–Crippen MR) is 51.5 cm³/mol. The molecule has 2 aromatic heterocycles. The molecule has 0 bridgehead atoms. The van der Waals surface area contributed by atoms with Gasteiger partial charge >= 0.3 is 0 Å². The van der Waals surface area contributed by atoms with E-state index >= 15 is 0 Å². The molecule has 1 atom stereocenters. The molecule has 0 radical (unpaired) electrons. The van der Waals surface area contributed by atoms with Gasteiger partial charge in [0.2, 0.25) is 0 Å². The van der Waals surface area contributed by atoms with Crippen molar-refractivity contribution < 1.29 is 4.92 Å². The molecule has 0 spiro atoms. The zero-order chi connectivity index (χ0) is 9.42. The maximum absolute atomic E-state index is 10.4. The largest absolute Gasteiger partial charge is 0.317 e. The molecule has 1 unspecified atom stereocenters. The second-order valence-electron chi connectivity index (χ2n) is 2.59. The second-order valence-corrected chi connectivity index (χ2v) is 3.14. The van der Waals surface area contributed by atoms with Gasteiger partial charge in [0.05, 0.1) is 4.92 Å². The summed E-state index contributed by atoms with van der Waals surface area (Å²) < 4.78 is 1.74. The average Bonchev–Trinajstić information content (AvgIpc) is 2.47. The molecule has 0 aliphatic carbocycles. The molecule has 0 amide bonds. The van der Waals surface area contributed by atoms with Crippen molar-refractivity contribution in [2.75, 3.05) is 0 Å². The monoisotopic (exact) mass is 195 g/mol. The van der Waals surface area contributed by atoms with Crippen LogP contribution in [0, 0.1) is 10.1 Å². The van der Waals surface area contributed by atoms with E-state index in [1.54, 1.807) is 16.6 Å². The first-order valence-corrected chi connectivity index (χ1v) is 4.06. The Labute approximate surface area is 75.8 Å². The van der Waals surface area contributed by atoms with Crippen molar-refractivity contribution in [3.8, 4) is 0 Å². The molecule has 6 heteroatoms. The minimum atomic E-state index is -0.452. The highest BCUT2D eigenvalue weighted by Gasteiger charge is 2.08. The summed E-state index contributed by atoms with van der Waals surface area (Å²) in [5, 5.41) is 11.2. The topological polar surface area (TPSA) is 61.0 Å². The second kappa shape index (κ2) is 2.78. The zero-order valence-electron chi connectivity index (χ0n) is 6.54. The predicted octanol–water partition coefficient (Wildman–Crippen LogP) is 1.58. The molecule has 0 saturated carbocycles. The first kappa shape index (κ1) is 8.13. The van der Waals surface area contributed by atoms with Gasteiger partial charge in [-0.15, -0.1) is 0 Å². The van der Waals surface area contributed by atoms with Crippen LogP contribution in [0.5, 0.6) is 0 Å². The number of nitro groups is 1. The van der Waals surface area contributed by atoms with Crippen LogP contribution >= 0.6 is 9.39 Å². The van der Waals surface area contributed by atoms with Crippen LogP contribution in [-0.4, -0.2) is 14.2 Å². The number of hydrogen-bond acceptors (Lipinski definition) is 3. The Kier molecular flexibility index (Phi) is 1.74. The van der Waals surface area contributed by atoms with Crippen molar-refractivity contribution in [3.05, 3.63) is 34.6 Å². The molecule has 0 N–H and O–H groups in total. The van der Waals surface area contributed by atoms with Crippen molar-refractivity contribution in [1.82, 2.24) is 9.32 Å².